The maximum absolute atomic E-state index is 12.2. The van der Waals surface area contributed by atoms with Gasteiger partial charge in [0.25, 0.3) is 0 Å². The van der Waals surface area contributed by atoms with Crippen molar-refractivity contribution in [2.45, 2.75) is 38.8 Å². The van der Waals surface area contributed by atoms with E-state index in [0.29, 0.717) is 23.1 Å². The molecule has 1 amide bonds. The fourth-order valence-electron chi connectivity index (χ4n) is 4.21. The lowest BCUT2D eigenvalue weighted by molar-refractivity contribution is 0.201. The highest BCUT2D eigenvalue weighted by atomic mass is 35.5. The first-order valence-corrected chi connectivity index (χ1v) is 11.8. The SMILES string of the molecule is CCCc1cc(N2CC[C@H](N)C2)nc(Nc2ccc(OC)c(N(Cc3ccccc3)C(=O)O)c2)n1.Cl.Cl. The molecule has 11 heteroatoms. The van der Waals surface area contributed by atoms with Crippen LogP contribution in [0.3, 0.4) is 0 Å². The highest BCUT2D eigenvalue weighted by Gasteiger charge is 2.22. The summed E-state index contributed by atoms with van der Waals surface area (Å²) in [4.78, 5) is 25.1. The number of rotatable bonds is 9. The van der Waals surface area contributed by atoms with E-state index in [1.165, 1.54) is 12.0 Å². The van der Waals surface area contributed by atoms with E-state index in [1.54, 1.807) is 12.1 Å². The van der Waals surface area contributed by atoms with E-state index in [0.717, 1.165) is 49.4 Å². The molecule has 0 saturated carbocycles. The van der Waals surface area contributed by atoms with Crippen molar-refractivity contribution in [3.63, 3.8) is 0 Å². The average molecular weight is 550 g/mol. The molecule has 1 aliphatic heterocycles. The molecule has 0 unspecified atom stereocenters. The zero-order valence-electron chi connectivity index (χ0n) is 21.0. The number of nitrogens with zero attached hydrogens (tertiary/aromatic N) is 4. The van der Waals surface area contributed by atoms with Gasteiger partial charge in [-0.3, -0.25) is 4.90 Å². The number of nitrogens with two attached hydrogens (primary N) is 1. The monoisotopic (exact) mass is 548 g/mol. The van der Waals surface area contributed by atoms with E-state index in [1.807, 2.05) is 42.5 Å². The van der Waals surface area contributed by atoms with Gasteiger partial charge in [-0.1, -0.05) is 43.7 Å². The molecule has 1 atom stereocenters. The number of ether oxygens (including phenoxy) is 1. The van der Waals surface area contributed by atoms with E-state index in [-0.39, 0.29) is 37.4 Å². The Morgan fingerprint density at radius 3 is 2.57 bits per heavy atom. The summed E-state index contributed by atoms with van der Waals surface area (Å²) < 4.78 is 5.48. The minimum Gasteiger partial charge on any atom is -0.495 e. The van der Waals surface area contributed by atoms with Gasteiger partial charge in [-0.05, 0) is 36.6 Å². The number of hydrogen-bond donors (Lipinski definition) is 3. The number of carboxylic acid groups (broad SMARTS) is 1. The number of carbonyl (C=O) groups is 1. The predicted octanol–water partition coefficient (Wildman–Crippen LogP) is 5.25. The summed E-state index contributed by atoms with van der Waals surface area (Å²) in [6.45, 7) is 3.94. The highest BCUT2D eigenvalue weighted by molar-refractivity contribution is 5.89. The number of amides is 1. The zero-order chi connectivity index (χ0) is 24.8. The Morgan fingerprint density at radius 1 is 1.19 bits per heavy atom. The van der Waals surface area contributed by atoms with Crippen molar-refractivity contribution >= 4 is 54.0 Å². The maximum Gasteiger partial charge on any atom is 0.412 e. The molecule has 0 radical (unpaired) electrons. The minimum atomic E-state index is -1.07. The van der Waals surface area contributed by atoms with E-state index in [4.69, 9.17) is 15.5 Å². The van der Waals surface area contributed by atoms with Crippen molar-refractivity contribution in [2.24, 2.45) is 5.73 Å². The van der Waals surface area contributed by atoms with E-state index < -0.39 is 6.09 Å². The van der Waals surface area contributed by atoms with Crippen LogP contribution in [-0.2, 0) is 13.0 Å². The van der Waals surface area contributed by atoms with Gasteiger partial charge in [0.2, 0.25) is 5.95 Å². The van der Waals surface area contributed by atoms with Crippen molar-refractivity contribution in [2.75, 3.05) is 35.3 Å². The first-order valence-electron chi connectivity index (χ1n) is 11.8. The molecule has 2 aromatic carbocycles. The Bertz CT molecular complexity index is 1170. The van der Waals surface area contributed by atoms with Crippen LogP contribution in [0.5, 0.6) is 5.75 Å². The third-order valence-electron chi connectivity index (χ3n) is 5.96. The summed E-state index contributed by atoms with van der Waals surface area (Å²) in [5.41, 5.74) is 9.03. The van der Waals surface area contributed by atoms with Gasteiger partial charge in [0.1, 0.15) is 11.6 Å². The Morgan fingerprint density at radius 2 is 1.95 bits per heavy atom. The van der Waals surface area contributed by atoms with Gasteiger partial charge in [-0.2, -0.15) is 4.98 Å². The van der Waals surface area contributed by atoms with Crippen LogP contribution in [0.1, 0.15) is 31.0 Å². The van der Waals surface area contributed by atoms with E-state index in [2.05, 4.69) is 22.1 Å². The highest BCUT2D eigenvalue weighted by Crippen LogP contribution is 2.34. The average Bonchev–Trinajstić information content (AvgIpc) is 3.29. The second-order valence-corrected chi connectivity index (χ2v) is 8.65. The number of nitrogens with one attached hydrogen (secondary N) is 1. The van der Waals surface area contributed by atoms with Crippen LogP contribution in [0.4, 0.5) is 27.9 Å². The summed E-state index contributed by atoms with van der Waals surface area (Å²) in [6, 6.07) is 16.9. The van der Waals surface area contributed by atoms with Gasteiger partial charge in [0.05, 0.1) is 19.3 Å². The van der Waals surface area contributed by atoms with Gasteiger partial charge in [0, 0.05) is 36.6 Å². The van der Waals surface area contributed by atoms with Gasteiger partial charge >= 0.3 is 6.09 Å². The normalized spacial score (nSPS) is 14.4. The van der Waals surface area contributed by atoms with E-state index >= 15 is 0 Å². The molecule has 1 saturated heterocycles. The third kappa shape index (κ3) is 7.61. The fourth-order valence-corrected chi connectivity index (χ4v) is 4.21. The molecule has 3 aromatic rings. The van der Waals surface area contributed by atoms with Crippen LogP contribution in [0.2, 0.25) is 0 Å². The van der Waals surface area contributed by atoms with Crippen LogP contribution in [0, 0.1) is 0 Å². The Labute approximate surface area is 229 Å². The van der Waals surface area contributed by atoms with Crippen LogP contribution < -0.4 is 25.6 Å². The van der Waals surface area contributed by atoms with Crippen molar-refractivity contribution < 1.29 is 14.6 Å². The number of methoxy groups -OCH3 is 1. The molecule has 200 valence electrons. The van der Waals surface area contributed by atoms with Crippen molar-refractivity contribution in [1.82, 2.24) is 9.97 Å². The minimum absolute atomic E-state index is 0. The summed E-state index contributed by atoms with van der Waals surface area (Å²) in [5.74, 6) is 1.78. The van der Waals surface area contributed by atoms with E-state index in [9.17, 15) is 9.90 Å². The lowest BCUT2D eigenvalue weighted by atomic mass is 10.2. The third-order valence-corrected chi connectivity index (χ3v) is 5.96. The molecule has 2 heterocycles. The molecule has 4 rings (SSSR count). The lowest BCUT2D eigenvalue weighted by Gasteiger charge is -2.23. The molecule has 37 heavy (non-hydrogen) atoms. The van der Waals surface area contributed by atoms with Gasteiger partial charge in [0.15, 0.2) is 0 Å². The summed E-state index contributed by atoms with van der Waals surface area (Å²) >= 11 is 0. The molecule has 1 aliphatic rings. The van der Waals surface area contributed by atoms with Crippen LogP contribution in [0.25, 0.3) is 0 Å². The number of benzene rings is 2. The van der Waals surface area contributed by atoms with Crippen LogP contribution in [-0.4, -0.2) is 47.4 Å². The topological polar surface area (TPSA) is 117 Å². The zero-order valence-corrected chi connectivity index (χ0v) is 22.6. The molecular weight excluding hydrogens is 515 g/mol. The first kappa shape index (κ1) is 30.0. The number of aryl methyl sites for hydroxylation is 1. The summed E-state index contributed by atoms with van der Waals surface area (Å²) in [7, 11) is 1.53. The predicted molar refractivity (Wildman–Crippen MR) is 152 cm³/mol. The molecule has 0 aliphatic carbocycles. The number of halogens is 2. The van der Waals surface area contributed by atoms with Crippen molar-refractivity contribution in [1.29, 1.82) is 0 Å². The van der Waals surface area contributed by atoms with Crippen molar-refractivity contribution in [3.05, 3.63) is 65.9 Å². The molecule has 9 nitrogen and oxygen atoms in total. The fraction of sp³-hybridized carbons (Fsp3) is 0.346. The lowest BCUT2D eigenvalue weighted by Crippen LogP contribution is -2.29. The largest absolute Gasteiger partial charge is 0.495 e. The van der Waals surface area contributed by atoms with Gasteiger partial charge in [-0.15, -0.1) is 24.8 Å². The molecule has 1 fully saturated rings. The quantitative estimate of drug-likeness (QED) is 0.332. The van der Waals surface area contributed by atoms with Crippen LogP contribution >= 0.6 is 24.8 Å². The maximum atomic E-state index is 12.2. The number of hydrogen-bond acceptors (Lipinski definition) is 7. The molecule has 0 spiro atoms. The van der Waals surface area contributed by atoms with Crippen LogP contribution in [0.15, 0.2) is 54.6 Å². The molecular formula is C26H34Cl2N6O3. The molecule has 1 aromatic heterocycles. The van der Waals surface area contributed by atoms with Gasteiger partial charge in [-0.25, -0.2) is 9.78 Å². The first-order chi connectivity index (χ1) is 17.0. The molecule has 4 N–H and O–H groups in total. The Hall–Kier alpha value is -3.27. The smallest absolute Gasteiger partial charge is 0.412 e. The summed E-state index contributed by atoms with van der Waals surface area (Å²) in [5, 5.41) is 13.2. The second kappa shape index (κ2) is 13.9. The van der Waals surface area contributed by atoms with Crippen molar-refractivity contribution in [3.8, 4) is 5.75 Å². The molecule has 0 bridgehead atoms. The second-order valence-electron chi connectivity index (χ2n) is 8.65. The number of aromatic nitrogens is 2. The standard InChI is InChI=1S/C26H32N6O3.2ClH/c1-3-7-20-15-24(31-13-12-19(27)17-31)30-25(28-20)29-21-10-11-23(35-2)22(14-21)32(26(33)34)16-18-8-5-4-6-9-18;;/h4-6,8-11,14-15,19H,3,7,12-13,16-17,27H2,1-2H3,(H,33,34)(H,28,29,30);2*1H/t19-;;/m0../s1. The Balaban J connectivity index is 0.00000241. The Kier molecular flexibility index (Phi) is 11.2. The summed E-state index contributed by atoms with van der Waals surface area (Å²) in [6.07, 6.45) is 1.67. The number of anilines is 4. The van der Waals surface area contributed by atoms with Gasteiger partial charge < -0.3 is 25.8 Å².